The lowest BCUT2D eigenvalue weighted by Gasteiger charge is -2.42. The summed E-state index contributed by atoms with van der Waals surface area (Å²) in [5.41, 5.74) is 0.258. The zero-order valence-corrected chi connectivity index (χ0v) is 20.6. The van der Waals surface area contributed by atoms with Crippen molar-refractivity contribution in [2.75, 3.05) is 29.2 Å². The molecule has 33 heavy (non-hydrogen) atoms. The molecule has 2 N–H and O–H groups in total. The van der Waals surface area contributed by atoms with E-state index < -0.39 is 26.1 Å². The zero-order valence-electron chi connectivity index (χ0n) is 18.2. The van der Waals surface area contributed by atoms with Crippen LogP contribution in [0.2, 0.25) is 5.02 Å². The summed E-state index contributed by atoms with van der Waals surface area (Å²) in [7, 11) is -3.72. The Bertz CT molecular complexity index is 1180. The third kappa shape index (κ3) is 4.78. The zero-order chi connectivity index (χ0) is 23.1. The average molecular weight is 511 g/mol. The molecule has 0 aromatic carbocycles. The molecule has 0 spiro atoms. The number of anilines is 1. The van der Waals surface area contributed by atoms with Crippen LogP contribution in [0.3, 0.4) is 0 Å². The summed E-state index contributed by atoms with van der Waals surface area (Å²) in [4.78, 5) is 18.3. The van der Waals surface area contributed by atoms with Gasteiger partial charge < -0.3 is 10.4 Å². The molecule has 2 fully saturated rings. The summed E-state index contributed by atoms with van der Waals surface area (Å²) in [6.07, 6.45) is 8.63. The van der Waals surface area contributed by atoms with Crippen molar-refractivity contribution in [3.63, 3.8) is 0 Å². The topological polar surface area (TPSA) is 130 Å². The second-order valence-electron chi connectivity index (χ2n) is 9.02. The van der Waals surface area contributed by atoms with Crippen molar-refractivity contribution in [2.24, 2.45) is 4.36 Å². The van der Waals surface area contributed by atoms with Crippen LogP contribution in [-0.4, -0.2) is 62.9 Å². The van der Waals surface area contributed by atoms with E-state index in [0.29, 0.717) is 58.0 Å². The Morgan fingerprint density at radius 1 is 1.21 bits per heavy atom. The normalized spacial score (nSPS) is 28.4. The number of aromatic nitrogens is 4. The first-order valence-corrected chi connectivity index (χ1v) is 14.8. The highest BCUT2D eigenvalue weighted by atomic mass is 35.5. The van der Waals surface area contributed by atoms with Crippen molar-refractivity contribution < 1.29 is 13.5 Å². The van der Waals surface area contributed by atoms with Crippen LogP contribution in [0, 0.1) is 0 Å². The number of aryl methyl sites for hydroxylation is 1. The molecule has 0 radical (unpaired) electrons. The number of hydrogen-bond donors (Lipinski definition) is 2. The van der Waals surface area contributed by atoms with Gasteiger partial charge in [-0.05, 0) is 44.9 Å². The molecule has 2 aliphatic heterocycles. The summed E-state index contributed by atoms with van der Waals surface area (Å²) in [5.74, 6) is 2.89. The predicted molar refractivity (Wildman–Crippen MR) is 128 cm³/mol. The first-order valence-electron chi connectivity index (χ1n) is 11.3. The number of fused-ring (bicyclic) bond motifs is 1. The van der Waals surface area contributed by atoms with Crippen molar-refractivity contribution in [3.05, 3.63) is 28.9 Å². The monoisotopic (exact) mass is 510 g/mol. The first-order chi connectivity index (χ1) is 15.9. The van der Waals surface area contributed by atoms with Crippen molar-refractivity contribution in [3.8, 4) is 0 Å². The van der Waals surface area contributed by atoms with Crippen LogP contribution in [0.4, 0.5) is 11.8 Å². The molecule has 9 nitrogen and oxygen atoms in total. The maximum atomic E-state index is 13.5. The molecule has 1 saturated heterocycles. The fraction of sp³-hybridized carbons (Fsp3) is 0.619. The lowest BCUT2D eigenvalue weighted by atomic mass is 9.77. The summed E-state index contributed by atoms with van der Waals surface area (Å²) < 4.78 is 30.8. The summed E-state index contributed by atoms with van der Waals surface area (Å²) >= 11 is 5.88. The van der Waals surface area contributed by atoms with Gasteiger partial charge in [-0.3, -0.25) is 4.21 Å². The smallest absolute Gasteiger partial charge is 0.259 e. The van der Waals surface area contributed by atoms with Gasteiger partial charge in [0.2, 0.25) is 0 Å². The van der Waals surface area contributed by atoms with Gasteiger partial charge in [0.15, 0.2) is 0 Å². The van der Waals surface area contributed by atoms with Crippen LogP contribution in [0.5, 0.6) is 0 Å². The lowest BCUT2D eigenvalue weighted by Crippen LogP contribution is -2.48. The van der Waals surface area contributed by atoms with E-state index in [4.69, 9.17) is 11.6 Å². The van der Waals surface area contributed by atoms with Crippen LogP contribution in [0.1, 0.15) is 56.0 Å². The third-order valence-corrected chi connectivity index (χ3v) is 10.7. The van der Waals surface area contributed by atoms with Crippen LogP contribution in [0.25, 0.3) is 0 Å². The molecule has 1 saturated carbocycles. The minimum absolute atomic E-state index is 0.0181. The first kappa shape index (κ1) is 23.1. The lowest BCUT2D eigenvalue weighted by molar-refractivity contribution is 0.143. The van der Waals surface area contributed by atoms with Crippen molar-refractivity contribution in [2.45, 2.75) is 61.3 Å². The SMILES string of the molecule is O=[S@@]1CCCc2nc(N=S3(=O)CCC(c4ncc(Cl)cn4)CC3)nc(NC3(CO)CCC3)c21. The number of rotatable bonds is 5. The average Bonchev–Trinajstić information content (AvgIpc) is 2.77. The molecule has 0 unspecified atom stereocenters. The van der Waals surface area contributed by atoms with Gasteiger partial charge in [0.05, 0.1) is 43.4 Å². The minimum Gasteiger partial charge on any atom is -0.394 e. The van der Waals surface area contributed by atoms with Gasteiger partial charge >= 0.3 is 0 Å². The Kier molecular flexibility index (Phi) is 6.41. The van der Waals surface area contributed by atoms with Gasteiger partial charge in [-0.1, -0.05) is 11.6 Å². The van der Waals surface area contributed by atoms with E-state index >= 15 is 0 Å². The van der Waals surface area contributed by atoms with Gasteiger partial charge in [-0.15, -0.1) is 0 Å². The van der Waals surface area contributed by atoms with E-state index in [1.807, 2.05) is 0 Å². The highest BCUT2D eigenvalue weighted by Crippen LogP contribution is 2.38. The Morgan fingerprint density at radius 3 is 2.58 bits per heavy atom. The molecule has 12 heteroatoms. The van der Waals surface area contributed by atoms with Crippen LogP contribution in [-0.2, 0) is 26.9 Å². The Morgan fingerprint density at radius 2 is 1.94 bits per heavy atom. The molecule has 2 aromatic rings. The Labute approximate surface area is 200 Å². The molecule has 4 heterocycles. The van der Waals surface area contributed by atoms with Gasteiger partial charge in [-0.25, -0.2) is 19.2 Å². The molecule has 1 aliphatic carbocycles. The van der Waals surface area contributed by atoms with Crippen LogP contribution >= 0.6 is 11.6 Å². The van der Waals surface area contributed by atoms with Crippen LogP contribution < -0.4 is 5.32 Å². The van der Waals surface area contributed by atoms with Gasteiger partial charge in [0, 0.05) is 35.6 Å². The number of hydrogen-bond acceptors (Lipinski definition) is 9. The van der Waals surface area contributed by atoms with E-state index in [1.165, 1.54) is 0 Å². The Hall–Kier alpha value is -1.69. The largest absolute Gasteiger partial charge is 0.394 e. The number of halogens is 1. The van der Waals surface area contributed by atoms with Crippen molar-refractivity contribution in [1.82, 2.24) is 19.9 Å². The maximum absolute atomic E-state index is 13.5. The number of nitrogens with one attached hydrogen (secondary N) is 1. The van der Waals surface area contributed by atoms with Gasteiger partial charge in [-0.2, -0.15) is 9.35 Å². The summed E-state index contributed by atoms with van der Waals surface area (Å²) in [6, 6.07) is 0. The van der Waals surface area contributed by atoms with Crippen molar-refractivity contribution in [1.29, 1.82) is 0 Å². The minimum atomic E-state index is -2.52. The van der Waals surface area contributed by atoms with E-state index in [-0.39, 0.29) is 18.5 Å². The summed E-state index contributed by atoms with van der Waals surface area (Å²) in [6.45, 7) is -0.0181. The molecule has 1 atom stereocenters. The second kappa shape index (κ2) is 9.16. The Balaban J connectivity index is 1.43. The maximum Gasteiger partial charge on any atom is 0.259 e. The number of aliphatic hydroxyl groups excluding tert-OH is 1. The van der Waals surface area contributed by atoms with E-state index in [0.717, 1.165) is 31.5 Å². The van der Waals surface area contributed by atoms with E-state index in [2.05, 4.69) is 29.6 Å². The fourth-order valence-electron chi connectivity index (χ4n) is 4.60. The van der Waals surface area contributed by atoms with Crippen molar-refractivity contribution >= 4 is 43.9 Å². The molecule has 0 amide bonds. The molecule has 3 aliphatic rings. The fourth-order valence-corrected chi connectivity index (χ4v) is 8.10. The second-order valence-corrected chi connectivity index (χ2v) is 13.5. The van der Waals surface area contributed by atoms with Gasteiger partial charge in [0.25, 0.3) is 5.95 Å². The molecular weight excluding hydrogens is 484 g/mol. The molecule has 2 aromatic heterocycles. The molecule has 178 valence electrons. The highest BCUT2D eigenvalue weighted by Gasteiger charge is 2.38. The standard InChI is InChI=1S/C21H27ClN6O3S2/c22-15-11-23-18(24-12-15)14-4-9-33(31,10-5-14)28-20-25-16-3-1-8-32(30)17(16)19(26-20)27-21(13-29)6-2-7-21/h11-12,14,29H,1-10,13H2,(H,25,26,27)/t14?,32-,33?/m1/s1. The predicted octanol–water partition coefficient (Wildman–Crippen LogP) is 2.98. The van der Waals surface area contributed by atoms with Crippen LogP contribution in [0.15, 0.2) is 21.7 Å². The third-order valence-electron chi connectivity index (χ3n) is 6.72. The highest BCUT2D eigenvalue weighted by molar-refractivity contribution is 7.93. The quantitative estimate of drug-likeness (QED) is 0.627. The number of aliphatic hydroxyl groups is 1. The number of nitrogens with zero attached hydrogens (tertiary/aromatic N) is 5. The molecule has 0 bridgehead atoms. The molecule has 5 rings (SSSR count). The van der Waals surface area contributed by atoms with Gasteiger partial charge in [0.1, 0.15) is 16.5 Å². The van der Waals surface area contributed by atoms with E-state index in [9.17, 15) is 13.5 Å². The summed E-state index contributed by atoms with van der Waals surface area (Å²) in [5, 5.41) is 13.7. The van der Waals surface area contributed by atoms with E-state index in [1.54, 1.807) is 12.4 Å². The molecular formula is C21H27ClN6O3S2.